The Morgan fingerprint density at radius 3 is 2.56 bits per heavy atom. The molecule has 1 amide bonds. The van der Waals surface area contributed by atoms with E-state index in [1.807, 2.05) is 0 Å². The highest BCUT2D eigenvalue weighted by molar-refractivity contribution is 5.94. The summed E-state index contributed by atoms with van der Waals surface area (Å²) in [6.45, 7) is 4.65. The number of pyridine rings is 1. The zero-order valence-electron chi connectivity index (χ0n) is 13.9. The first kappa shape index (κ1) is 18.7. The van der Waals surface area contributed by atoms with Crippen molar-refractivity contribution in [3.63, 3.8) is 0 Å². The summed E-state index contributed by atoms with van der Waals surface area (Å²) in [7, 11) is 0. The van der Waals surface area contributed by atoms with Crippen LogP contribution in [0, 0.1) is 0 Å². The maximum Gasteiger partial charge on any atom is 0.280 e. The quantitative estimate of drug-likeness (QED) is 0.758. The molecular formula is C16H18F2N4O3. The molecule has 0 aromatic carbocycles. The highest BCUT2D eigenvalue weighted by atomic mass is 19.3. The summed E-state index contributed by atoms with van der Waals surface area (Å²) in [5, 5.41) is 18.4. The van der Waals surface area contributed by atoms with E-state index < -0.39 is 29.5 Å². The molecule has 0 saturated heterocycles. The minimum Gasteiger partial charge on any atom is -0.388 e. The van der Waals surface area contributed by atoms with Gasteiger partial charge in [-0.25, -0.2) is 13.9 Å². The molecule has 0 aliphatic heterocycles. The largest absolute Gasteiger partial charge is 0.388 e. The van der Waals surface area contributed by atoms with Crippen LogP contribution in [0.25, 0.3) is 11.3 Å². The van der Waals surface area contributed by atoms with Crippen LogP contribution in [-0.2, 0) is 0 Å². The summed E-state index contributed by atoms with van der Waals surface area (Å²) in [5.41, 5.74) is -1.91. The minimum atomic E-state index is -2.69. The van der Waals surface area contributed by atoms with E-state index in [0.717, 1.165) is 6.07 Å². The van der Waals surface area contributed by atoms with Crippen LogP contribution in [0.2, 0.25) is 0 Å². The Hall–Kier alpha value is -2.68. The van der Waals surface area contributed by atoms with E-state index in [4.69, 9.17) is 0 Å². The van der Waals surface area contributed by atoms with E-state index in [-0.39, 0.29) is 17.0 Å². The Bertz CT molecular complexity index is 813. The predicted octanol–water partition coefficient (Wildman–Crippen LogP) is 1.66. The SMILES string of the molecule is C[C@@H](NC(=O)c1cc(-c2ccc(C(F)F)nc2)n[nH]c1=O)C(C)(C)O. The lowest BCUT2D eigenvalue weighted by atomic mass is 10.0. The molecule has 0 aliphatic carbocycles. The van der Waals surface area contributed by atoms with Crippen molar-refractivity contribution >= 4 is 5.91 Å². The molecule has 0 saturated carbocycles. The molecule has 2 aromatic heterocycles. The van der Waals surface area contributed by atoms with Crippen LogP contribution in [0.4, 0.5) is 8.78 Å². The highest BCUT2D eigenvalue weighted by Crippen LogP contribution is 2.20. The van der Waals surface area contributed by atoms with Gasteiger partial charge in [0, 0.05) is 11.8 Å². The van der Waals surface area contributed by atoms with Crippen molar-refractivity contribution in [2.45, 2.75) is 38.8 Å². The maximum absolute atomic E-state index is 12.5. The average molecular weight is 352 g/mol. The standard InChI is InChI=1S/C16H18F2N4O3/c1-8(16(2,3)25)20-14(23)10-6-12(21-22-15(10)24)9-4-5-11(13(17)18)19-7-9/h4-8,13,25H,1-3H3,(H,20,23)(H,22,24)/t8-/m1/s1. The summed E-state index contributed by atoms with van der Waals surface area (Å²) in [6.07, 6.45) is -1.51. The molecule has 1 atom stereocenters. The Morgan fingerprint density at radius 1 is 1.36 bits per heavy atom. The number of H-pyrrole nitrogens is 1. The van der Waals surface area contributed by atoms with E-state index in [0.29, 0.717) is 5.56 Å². The van der Waals surface area contributed by atoms with E-state index >= 15 is 0 Å². The van der Waals surface area contributed by atoms with Gasteiger partial charge in [0.25, 0.3) is 17.9 Å². The molecule has 9 heteroatoms. The smallest absolute Gasteiger partial charge is 0.280 e. The van der Waals surface area contributed by atoms with Gasteiger partial charge in [0.1, 0.15) is 11.3 Å². The average Bonchev–Trinajstić information content (AvgIpc) is 2.54. The zero-order chi connectivity index (χ0) is 18.8. The third kappa shape index (κ3) is 4.44. The van der Waals surface area contributed by atoms with Gasteiger partial charge in [0.2, 0.25) is 0 Å². The van der Waals surface area contributed by atoms with Crippen LogP contribution in [0.5, 0.6) is 0 Å². The van der Waals surface area contributed by atoms with Crippen LogP contribution >= 0.6 is 0 Å². The number of aromatic amines is 1. The number of carbonyl (C=O) groups is 1. The molecule has 0 aliphatic rings. The Morgan fingerprint density at radius 2 is 2.04 bits per heavy atom. The van der Waals surface area contributed by atoms with Gasteiger partial charge in [0.05, 0.1) is 17.3 Å². The van der Waals surface area contributed by atoms with Gasteiger partial charge in [-0.3, -0.25) is 14.6 Å². The Kier molecular flexibility index (Phi) is 5.27. The second-order valence-electron chi connectivity index (χ2n) is 6.12. The number of carbonyl (C=O) groups excluding carboxylic acids is 1. The van der Waals surface area contributed by atoms with Gasteiger partial charge < -0.3 is 10.4 Å². The van der Waals surface area contributed by atoms with Crippen LogP contribution in [-0.4, -0.2) is 37.8 Å². The summed E-state index contributed by atoms with van der Waals surface area (Å²) < 4.78 is 25.1. The third-order valence-electron chi connectivity index (χ3n) is 3.76. The number of rotatable bonds is 5. The highest BCUT2D eigenvalue weighted by Gasteiger charge is 2.25. The van der Waals surface area contributed by atoms with E-state index in [1.165, 1.54) is 32.2 Å². The number of aliphatic hydroxyl groups is 1. The molecule has 0 radical (unpaired) electrons. The summed E-state index contributed by atoms with van der Waals surface area (Å²) >= 11 is 0. The zero-order valence-corrected chi connectivity index (χ0v) is 13.9. The van der Waals surface area contributed by atoms with Crippen molar-refractivity contribution in [1.29, 1.82) is 0 Å². The van der Waals surface area contributed by atoms with E-state index in [9.17, 15) is 23.5 Å². The molecular weight excluding hydrogens is 334 g/mol. The van der Waals surface area contributed by atoms with Crippen molar-refractivity contribution in [3.8, 4) is 11.3 Å². The number of amides is 1. The molecule has 2 aromatic rings. The molecule has 0 unspecified atom stereocenters. The molecule has 0 spiro atoms. The fourth-order valence-electron chi connectivity index (χ4n) is 1.86. The van der Waals surface area contributed by atoms with Crippen molar-refractivity contribution in [1.82, 2.24) is 20.5 Å². The number of nitrogens with one attached hydrogen (secondary N) is 2. The number of nitrogens with zero attached hydrogens (tertiary/aromatic N) is 2. The number of alkyl halides is 2. The lowest BCUT2D eigenvalue weighted by molar-refractivity contribution is 0.0408. The number of aromatic nitrogens is 3. The molecule has 3 N–H and O–H groups in total. The second-order valence-corrected chi connectivity index (χ2v) is 6.12. The van der Waals surface area contributed by atoms with Gasteiger partial charge >= 0.3 is 0 Å². The van der Waals surface area contributed by atoms with Crippen LogP contribution in [0.1, 0.15) is 43.2 Å². The Balaban J connectivity index is 2.31. The third-order valence-corrected chi connectivity index (χ3v) is 3.76. The molecule has 2 heterocycles. The molecule has 0 fully saturated rings. The van der Waals surface area contributed by atoms with Crippen molar-refractivity contribution in [3.05, 3.63) is 46.0 Å². The van der Waals surface area contributed by atoms with Crippen LogP contribution < -0.4 is 10.9 Å². The Labute approximate surface area is 142 Å². The molecule has 7 nitrogen and oxygen atoms in total. The topological polar surface area (TPSA) is 108 Å². The van der Waals surface area contributed by atoms with E-state index in [2.05, 4.69) is 20.5 Å². The van der Waals surface area contributed by atoms with Crippen molar-refractivity contribution in [2.24, 2.45) is 0 Å². The first-order valence-electron chi connectivity index (χ1n) is 7.47. The number of hydrogen-bond donors (Lipinski definition) is 3. The summed E-state index contributed by atoms with van der Waals surface area (Å²) in [6, 6.07) is 3.15. The predicted molar refractivity (Wildman–Crippen MR) is 86.3 cm³/mol. The van der Waals surface area contributed by atoms with Crippen molar-refractivity contribution in [2.75, 3.05) is 0 Å². The van der Waals surface area contributed by atoms with Gasteiger partial charge in [-0.05, 0) is 39.0 Å². The molecule has 2 rings (SSSR count). The number of halogens is 2. The fourth-order valence-corrected chi connectivity index (χ4v) is 1.86. The summed E-state index contributed by atoms with van der Waals surface area (Å²) in [4.78, 5) is 27.7. The van der Waals surface area contributed by atoms with Crippen LogP contribution in [0.3, 0.4) is 0 Å². The fraction of sp³-hybridized carbons (Fsp3) is 0.375. The molecule has 134 valence electrons. The number of hydrogen-bond acceptors (Lipinski definition) is 5. The van der Waals surface area contributed by atoms with Gasteiger partial charge in [-0.1, -0.05) is 0 Å². The second kappa shape index (κ2) is 7.06. The monoisotopic (exact) mass is 352 g/mol. The maximum atomic E-state index is 12.5. The van der Waals surface area contributed by atoms with Gasteiger partial charge in [-0.15, -0.1) is 0 Å². The lowest BCUT2D eigenvalue weighted by Crippen LogP contribution is -2.48. The molecule has 25 heavy (non-hydrogen) atoms. The van der Waals surface area contributed by atoms with Crippen LogP contribution in [0.15, 0.2) is 29.2 Å². The normalized spacial score (nSPS) is 12.9. The minimum absolute atomic E-state index is 0.203. The first-order chi connectivity index (χ1) is 11.6. The lowest BCUT2D eigenvalue weighted by Gasteiger charge is -2.26. The van der Waals surface area contributed by atoms with E-state index in [1.54, 1.807) is 6.92 Å². The first-order valence-corrected chi connectivity index (χ1v) is 7.47. The molecule has 0 bridgehead atoms. The van der Waals surface area contributed by atoms with Gasteiger partial charge in [0.15, 0.2) is 0 Å². The van der Waals surface area contributed by atoms with Gasteiger partial charge in [-0.2, -0.15) is 5.10 Å². The van der Waals surface area contributed by atoms with Crippen molar-refractivity contribution < 1.29 is 18.7 Å². The summed E-state index contributed by atoms with van der Waals surface area (Å²) in [5.74, 6) is -0.684.